The summed E-state index contributed by atoms with van der Waals surface area (Å²) in [5.74, 6) is 0.987. The summed E-state index contributed by atoms with van der Waals surface area (Å²) in [5.41, 5.74) is 2.47. The maximum Gasteiger partial charge on any atom is 0.254 e. The lowest BCUT2D eigenvalue weighted by Gasteiger charge is -2.22. The van der Waals surface area contributed by atoms with Gasteiger partial charge in [-0.25, -0.2) is 9.37 Å². The molecule has 0 spiro atoms. The number of amides is 1. The second-order valence-corrected chi connectivity index (χ2v) is 8.03. The van der Waals surface area contributed by atoms with E-state index in [0.29, 0.717) is 24.6 Å². The molecular formula is C22H21BrFN3O. The molecule has 1 saturated carbocycles. The highest BCUT2D eigenvalue weighted by atomic mass is 79.9. The minimum Gasteiger partial charge on any atom is -0.327 e. The third-order valence-electron chi connectivity index (χ3n) is 5.01. The SMILES string of the molecule is C=CCN(Cc1nc2ccccc2n1CC1CC1)C(=O)c1ccc(F)c(Br)c1. The summed E-state index contributed by atoms with van der Waals surface area (Å²) in [6.07, 6.45) is 4.18. The van der Waals surface area contributed by atoms with E-state index in [1.54, 1.807) is 11.0 Å². The number of halogens is 2. The molecule has 28 heavy (non-hydrogen) atoms. The Morgan fingerprint density at radius 1 is 1.32 bits per heavy atom. The van der Waals surface area contributed by atoms with Gasteiger partial charge in [0, 0.05) is 18.7 Å². The molecule has 4 nitrogen and oxygen atoms in total. The minimum absolute atomic E-state index is 0.175. The summed E-state index contributed by atoms with van der Waals surface area (Å²) in [7, 11) is 0. The standard InChI is InChI=1S/C22H21BrFN3O/c1-2-11-26(22(28)16-9-10-18(24)17(23)12-16)14-21-25-19-5-3-4-6-20(19)27(21)13-15-7-8-15/h2-6,9-10,12,15H,1,7-8,11,13-14H2. The summed E-state index contributed by atoms with van der Waals surface area (Å²) in [4.78, 5) is 19.5. The van der Waals surface area contributed by atoms with Crippen LogP contribution in [0.5, 0.6) is 0 Å². The van der Waals surface area contributed by atoms with Gasteiger partial charge in [-0.3, -0.25) is 4.79 Å². The predicted octanol–water partition coefficient (Wildman–Crippen LogP) is 5.18. The fourth-order valence-electron chi connectivity index (χ4n) is 3.37. The molecule has 4 rings (SSSR count). The van der Waals surface area contributed by atoms with Crippen LogP contribution in [0.25, 0.3) is 11.0 Å². The van der Waals surface area contributed by atoms with Crippen LogP contribution in [0.2, 0.25) is 0 Å². The normalized spacial score (nSPS) is 13.6. The van der Waals surface area contributed by atoms with Crippen LogP contribution in [0.3, 0.4) is 0 Å². The van der Waals surface area contributed by atoms with Crippen LogP contribution in [0.1, 0.15) is 29.0 Å². The van der Waals surface area contributed by atoms with Gasteiger partial charge in [0.15, 0.2) is 0 Å². The van der Waals surface area contributed by atoms with Gasteiger partial charge in [-0.05, 0) is 65.0 Å². The van der Waals surface area contributed by atoms with E-state index in [4.69, 9.17) is 4.98 Å². The highest BCUT2D eigenvalue weighted by molar-refractivity contribution is 9.10. The van der Waals surface area contributed by atoms with Gasteiger partial charge >= 0.3 is 0 Å². The van der Waals surface area contributed by atoms with Crippen molar-refractivity contribution in [2.75, 3.05) is 6.54 Å². The van der Waals surface area contributed by atoms with E-state index in [-0.39, 0.29) is 10.4 Å². The molecule has 0 atom stereocenters. The number of benzene rings is 2. The van der Waals surface area contributed by atoms with E-state index >= 15 is 0 Å². The lowest BCUT2D eigenvalue weighted by molar-refractivity contribution is 0.0757. The van der Waals surface area contributed by atoms with Gasteiger partial charge in [0.25, 0.3) is 5.91 Å². The first-order valence-electron chi connectivity index (χ1n) is 9.36. The van der Waals surface area contributed by atoms with Gasteiger partial charge < -0.3 is 9.47 Å². The number of fused-ring (bicyclic) bond motifs is 1. The van der Waals surface area contributed by atoms with Gasteiger partial charge in [0.2, 0.25) is 0 Å². The first-order chi connectivity index (χ1) is 13.6. The Morgan fingerprint density at radius 2 is 2.11 bits per heavy atom. The van der Waals surface area contributed by atoms with Crippen molar-refractivity contribution in [1.29, 1.82) is 0 Å². The van der Waals surface area contributed by atoms with Crippen molar-refractivity contribution in [3.8, 4) is 0 Å². The molecule has 2 aromatic carbocycles. The van der Waals surface area contributed by atoms with Gasteiger partial charge in [-0.2, -0.15) is 0 Å². The zero-order valence-corrected chi connectivity index (χ0v) is 17.0. The van der Waals surface area contributed by atoms with E-state index in [9.17, 15) is 9.18 Å². The Kier molecular flexibility index (Phi) is 5.31. The molecule has 1 heterocycles. The number of rotatable bonds is 7. The highest BCUT2D eigenvalue weighted by Crippen LogP contribution is 2.32. The summed E-state index contributed by atoms with van der Waals surface area (Å²) < 4.78 is 16.1. The van der Waals surface area contributed by atoms with Gasteiger partial charge in [0.1, 0.15) is 11.6 Å². The maximum atomic E-state index is 13.6. The number of carbonyl (C=O) groups is 1. The average Bonchev–Trinajstić information content (AvgIpc) is 3.45. The fraction of sp³-hybridized carbons (Fsp3) is 0.273. The smallest absolute Gasteiger partial charge is 0.254 e. The van der Waals surface area contributed by atoms with Crippen LogP contribution in [0, 0.1) is 11.7 Å². The largest absolute Gasteiger partial charge is 0.327 e. The lowest BCUT2D eigenvalue weighted by Crippen LogP contribution is -2.32. The first kappa shape index (κ1) is 18.9. The molecule has 1 aliphatic rings. The van der Waals surface area contributed by atoms with Crippen molar-refractivity contribution in [3.63, 3.8) is 0 Å². The molecule has 1 aliphatic carbocycles. The van der Waals surface area contributed by atoms with E-state index in [0.717, 1.165) is 23.4 Å². The van der Waals surface area contributed by atoms with Crippen LogP contribution < -0.4 is 0 Å². The van der Waals surface area contributed by atoms with Crippen molar-refractivity contribution in [2.45, 2.75) is 25.9 Å². The fourth-order valence-corrected chi connectivity index (χ4v) is 3.74. The summed E-state index contributed by atoms with van der Waals surface area (Å²) >= 11 is 3.16. The van der Waals surface area contributed by atoms with Crippen molar-refractivity contribution in [3.05, 3.63) is 76.8 Å². The summed E-state index contributed by atoms with van der Waals surface area (Å²) in [6, 6.07) is 12.4. The molecule has 3 aromatic rings. The Hall–Kier alpha value is -2.47. The molecule has 0 radical (unpaired) electrons. The first-order valence-corrected chi connectivity index (χ1v) is 10.2. The molecule has 1 aromatic heterocycles. The van der Waals surface area contributed by atoms with E-state index in [1.807, 2.05) is 18.2 Å². The molecule has 1 fully saturated rings. The Bertz CT molecular complexity index is 1040. The Labute approximate surface area is 171 Å². The van der Waals surface area contributed by atoms with E-state index in [1.165, 1.54) is 31.0 Å². The molecular weight excluding hydrogens is 421 g/mol. The number of carbonyl (C=O) groups excluding carboxylic acids is 1. The summed E-state index contributed by atoms with van der Waals surface area (Å²) in [5, 5.41) is 0. The molecule has 0 bridgehead atoms. The van der Waals surface area contributed by atoms with Crippen LogP contribution in [-0.2, 0) is 13.1 Å². The molecule has 0 N–H and O–H groups in total. The average molecular weight is 442 g/mol. The molecule has 144 valence electrons. The quantitative estimate of drug-likeness (QED) is 0.473. The number of imidazole rings is 1. The molecule has 0 aliphatic heterocycles. The Morgan fingerprint density at radius 3 is 2.82 bits per heavy atom. The maximum absolute atomic E-state index is 13.6. The minimum atomic E-state index is -0.391. The number of para-hydroxylation sites is 2. The number of hydrogen-bond donors (Lipinski definition) is 0. The second-order valence-electron chi connectivity index (χ2n) is 7.17. The second kappa shape index (κ2) is 7.87. The van der Waals surface area contributed by atoms with E-state index in [2.05, 4.69) is 33.1 Å². The number of aromatic nitrogens is 2. The highest BCUT2D eigenvalue weighted by Gasteiger charge is 2.25. The zero-order chi connectivity index (χ0) is 19.7. The van der Waals surface area contributed by atoms with Crippen molar-refractivity contribution < 1.29 is 9.18 Å². The molecule has 0 unspecified atom stereocenters. The van der Waals surface area contributed by atoms with Crippen LogP contribution >= 0.6 is 15.9 Å². The predicted molar refractivity (Wildman–Crippen MR) is 111 cm³/mol. The van der Waals surface area contributed by atoms with Crippen molar-refractivity contribution in [1.82, 2.24) is 14.5 Å². The molecule has 0 saturated heterocycles. The van der Waals surface area contributed by atoms with Gasteiger partial charge in [-0.1, -0.05) is 18.2 Å². The van der Waals surface area contributed by atoms with Crippen LogP contribution in [0.4, 0.5) is 4.39 Å². The third kappa shape index (κ3) is 3.87. The lowest BCUT2D eigenvalue weighted by atomic mass is 10.2. The number of nitrogens with zero attached hydrogens (tertiary/aromatic N) is 3. The molecule has 6 heteroatoms. The number of hydrogen-bond acceptors (Lipinski definition) is 2. The van der Waals surface area contributed by atoms with Crippen LogP contribution in [0.15, 0.2) is 59.6 Å². The zero-order valence-electron chi connectivity index (χ0n) is 15.4. The summed E-state index contributed by atoms with van der Waals surface area (Å²) in [6.45, 7) is 5.47. The van der Waals surface area contributed by atoms with Crippen molar-refractivity contribution in [2.24, 2.45) is 5.92 Å². The van der Waals surface area contributed by atoms with E-state index < -0.39 is 5.82 Å². The van der Waals surface area contributed by atoms with Gasteiger partial charge in [-0.15, -0.1) is 6.58 Å². The monoisotopic (exact) mass is 441 g/mol. The van der Waals surface area contributed by atoms with Crippen molar-refractivity contribution >= 4 is 32.9 Å². The topological polar surface area (TPSA) is 38.1 Å². The van der Waals surface area contributed by atoms with Gasteiger partial charge in [0.05, 0.1) is 22.1 Å². The van der Waals surface area contributed by atoms with Crippen LogP contribution in [-0.4, -0.2) is 26.9 Å². The third-order valence-corrected chi connectivity index (χ3v) is 5.61. The molecule has 1 amide bonds. The Balaban J connectivity index is 1.66.